The summed E-state index contributed by atoms with van der Waals surface area (Å²) < 4.78 is 10.6. The van der Waals surface area contributed by atoms with E-state index in [9.17, 15) is 14.7 Å². The van der Waals surface area contributed by atoms with Crippen LogP contribution < -0.4 is 0 Å². The summed E-state index contributed by atoms with van der Waals surface area (Å²) in [5, 5.41) is 9.57. The molecule has 52 heavy (non-hydrogen) atoms. The molecule has 1 atom stereocenters. The first-order chi connectivity index (χ1) is 25.6. The van der Waals surface area contributed by atoms with Gasteiger partial charge in [-0.1, -0.05) is 203 Å². The molecular formula is C47H82O5. The van der Waals surface area contributed by atoms with E-state index in [1.807, 2.05) is 0 Å². The molecule has 0 saturated carbocycles. The lowest BCUT2D eigenvalue weighted by atomic mass is 10.0. The second-order valence-corrected chi connectivity index (χ2v) is 14.4. The lowest BCUT2D eigenvalue weighted by molar-refractivity contribution is -0.161. The number of carbonyl (C=O) groups is 2. The first kappa shape index (κ1) is 49.6. The molecule has 0 aromatic carbocycles. The van der Waals surface area contributed by atoms with Gasteiger partial charge in [0.1, 0.15) is 6.61 Å². The standard InChI is InChI=1S/C47H82O5/c1-3-5-7-9-11-13-15-17-19-21-22-23-24-26-28-30-32-34-36-38-40-42-47(50)52-45(43-48)44-51-46(49)41-39-37-35-33-31-29-27-25-20-18-16-14-12-10-8-6-4-2/h6,8,12,14,18,20,27,29,33,35,45,48H,3-5,7,9-11,13,15-17,19,21-26,28,30-32,34,36-44H2,1-2H3/b8-6-,14-12-,20-18-,29-27-,35-33-/t45-/m0/s1. The summed E-state index contributed by atoms with van der Waals surface area (Å²) in [7, 11) is 0. The molecule has 0 aliphatic rings. The molecule has 300 valence electrons. The van der Waals surface area contributed by atoms with E-state index in [1.165, 1.54) is 116 Å². The molecule has 0 radical (unpaired) electrons. The number of aliphatic hydroxyl groups excluding tert-OH is 1. The summed E-state index contributed by atoms with van der Waals surface area (Å²) in [5.41, 5.74) is 0. The van der Waals surface area contributed by atoms with Crippen molar-refractivity contribution < 1.29 is 24.2 Å². The van der Waals surface area contributed by atoms with Gasteiger partial charge in [-0.2, -0.15) is 0 Å². The van der Waals surface area contributed by atoms with Crippen molar-refractivity contribution in [3.63, 3.8) is 0 Å². The fraction of sp³-hybridized carbons (Fsp3) is 0.745. The summed E-state index contributed by atoms with van der Waals surface area (Å²) in [5.74, 6) is -0.655. The summed E-state index contributed by atoms with van der Waals surface area (Å²) in [6.07, 6.45) is 55.9. The van der Waals surface area contributed by atoms with Gasteiger partial charge in [-0.05, 0) is 51.4 Å². The fourth-order valence-corrected chi connectivity index (χ4v) is 6.06. The molecule has 5 heteroatoms. The van der Waals surface area contributed by atoms with Crippen molar-refractivity contribution in [2.75, 3.05) is 13.2 Å². The van der Waals surface area contributed by atoms with Crippen molar-refractivity contribution in [2.45, 2.75) is 213 Å². The van der Waals surface area contributed by atoms with Crippen molar-refractivity contribution in [2.24, 2.45) is 0 Å². The maximum absolute atomic E-state index is 12.2. The minimum absolute atomic E-state index is 0.0952. The Balaban J connectivity index is 3.59. The third kappa shape index (κ3) is 40.4. The number of aliphatic hydroxyl groups is 1. The zero-order valence-corrected chi connectivity index (χ0v) is 34.1. The van der Waals surface area contributed by atoms with Gasteiger partial charge < -0.3 is 14.6 Å². The minimum atomic E-state index is -0.794. The molecule has 0 aromatic rings. The molecule has 0 bridgehead atoms. The lowest BCUT2D eigenvalue weighted by Gasteiger charge is -2.15. The van der Waals surface area contributed by atoms with Gasteiger partial charge in [-0.15, -0.1) is 0 Å². The molecule has 0 rings (SSSR count). The Hall–Kier alpha value is -2.40. The molecule has 0 aromatic heterocycles. The van der Waals surface area contributed by atoms with Crippen LogP contribution in [0.2, 0.25) is 0 Å². The fourth-order valence-electron chi connectivity index (χ4n) is 6.06. The van der Waals surface area contributed by atoms with Crippen LogP contribution in [0.25, 0.3) is 0 Å². The Morgan fingerprint density at radius 2 is 0.827 bits per heavy atom. The monoisotopic (exact) mass is 727 g/mol. The summed E-state index contributed by atoms with van der Waals surface area (Å²) in [4.78, 5) is 24.3. The summed E-state index contributed by atoms with van der Waals surface area (Å²) >= 11 is 0. The van der Waals surface area contributed by atoms with E-state index < -0.39 is 6.10 Å². The van der Waals surface area contributed by atoms with E-state index in [0.29, 0.717) is 19.3 Å². The number of esters is 2. The lowest BCUT2D eigenvalue weighted by Crippen LogP contribution is -2.28. The van der Waals surface area contributed by atoms with Crippen LogP contribution in [0.15, 0.2) is 60.8 Å². The van der Waals surface area contributed by atoms with E-state index in [2.05, 4.69) is 74.6 Å². The minimum Gasteiger partial charge on any atom is -0.462 e. The predicted molar refractivity (Wildman–Crippen MR) is 223 cm³/mol. The number of carbonyl (C=O) groups excluding carboxylic acids is 2. The number of hydrogen-bond donors (Lipinski definition) is 1. The summed E-state index contributed by atoms with van der Waals surface area (Å²) in [6, 6.07) is 0. The van der Waals surface area contributed by atoms with Crippen molar-refractivity contribution in [3.05, 3.63) is 60.8 Å². The number of hydrogen-bond acceptors (Lipinski definition) is 5. The normalized spacial score (nSPS) is 12.8. The Kier molecular flexibility index (Phi) is 41.0. The Morgan fingerprint density at radius 3 is 1.23 bits per heavy atom. The van der Waals surface area contributed by atoms with Gasteiger partial charge >= 0.3 is 11.9 Å². The van der Waals surface area contributed by atoms with Crippen LogP contribution >= 0.6 is 0 Å². The predicted octanol–water partition coefficient (Wildman–Crippen LogP) is 14.0. The van der Waals surface area contributed by atoms with E-state index in [-0.39, 0.29) is 25.2 Å². The highest BCUT2D eigenvalue weighted by molar-refractivity contribution is 5.70. The van der Waals surface area contributed by atoms with Crippen LogP contribution in [-0.2, 0) is 19.1 Å². The van der Waals surface area contributed by atoms with Crippen LogP contribution in [-0.4, -0.2) is 36.4 Å². The van der Waals surface area contributed by atoms with E-state index in [0.717, 1.165) is 57.8 Å². The number of allylic oxidation sites excluding steroid dienone is 10. The molecule has 0 saturated heterocycles. The second kappa shape index (κ2) is 43.0. The molecule has 0 amide bonds. The molecule has 5 nitrogen and oxygen atoms in total. The molecule has 0 spiro atoms. The van der Waals surface area contributed by atoms with Crippen molar-refractivity contribution >= 4 is 11.9 Å². The van der Waals surface area contributed by atoms with E-state index >= 15 is 0 Å². The third-order valence-corrected chi connectivity index (χ3v) is 9.33. The molecule has 0 heterocycles. The SMILES string of the molecule is CC/C=C\C/C=C\C/C=C\C/C=C\C/C=C\CCCC(=O)OC[C@H](CO)OC(=O)CCCCCCCCCCCCCCCCCCCCCCC. The topological polar surface area (TPSA) is 72.8 Å². The highest BCUT2D eigenvalue weighted by Crippen LogP contribution is 2.15. The molecule has 0 aliphatic heterocycles. The third-order valence-electron chi connectivity index (χ3n) is 9.33. The zero-order valence-electron chi connectivity index (χ0n) is 34.1. The Labute approximate surface area is 321 Å². The van der Waals surface area contributed by atoms with E-state index in [1.54, 1.807) is 0 Å². The van der Waals surface area contributed by atoms with Crippen LogP contribution in [0.3, 0.4) is 0 Å². The molecule has 1 N–H and O–H groups in total. The highest BCUT2D eigenvalue weighted by Gasteiger charge is 2.16. The molecule has 0 fully saturated rings. The van der Waals surface area contributed by atoms with Crippen LogP contribution in [0.5, 0.6) is 0 Å². The van der Waals surface area contributed by atoms with Gasteiger partial charge in [0.2, 0.25) is 0 Å². The van der Waals surface area contributed by atoms with Gasteiger partial charge in [0, 0.05) is 12.8 Å². The smallest absolute Gasteiger partial charge is 0.306 e. The molecule has 0 unspecified atom stereocenters. The number of unbranched alkanes of at least 4 members (excludes halogenated alkanes) is 21. The first-order valence-corrected chi connectivity index (χ1v) is 21.8. The highest BCUT2D eigenvalue weighted by atomic mass is 16.6. The quantitative estimate of drug-likeness (QED) is 0.0388. The van der Waals surface area contributed by atoms with Crippen molar-refractivity contribution in [1.82, 2.24) is 0 Å². The van der Waals surface area contributed by atoms with E-state index in [4.69, 9.17) is 9.47 Å². The van der Waals surface area contributed by atoms with Gasteiger partial charge in [0.05, 0.1) is 6.61 Å². The molecular weight excluding hydrogens is 645 g/mol. The maximum Gasteiger partial charge on any atom is 0.306 e. The second-order valence-electron chi connectivity index (χ2n) is 14.4. The van der Waals surface area contributed by atoms with Gasteiger partial charge in [-0.25, -0.2) is 0 Å². The average Bonchev–Trinajstić information content (AvgIpc) is 3.15. The van der Waals surface area contributed by atoms with Crippen molar-refractivity contribution in [1.29, 1.82) is 0 Å². The van der Waals surface area contributed by atoms with Gasteiger partial charge in [0.15, 0.2) is 6.10 Å². The number of ether oxygens (including phenoxy) is 2. The summed E-state index contributed by atoms with van der Waals surface area (Å²) in [6.45, 7) is 3.99. The zero-order chi connectivity index (χ0) is 37.8. The molecule has 0 aliphatic carbocycles. The van der Waals surface area contributed by atoms with Crippen LogP contribution in [0.1, 0.15) is 206 Å². The van der Waals surface area contributed by atoms with Gasteiger partial charge in [-0.3, -0.25) is 9.59 Å². The van der Waals surface area contributed by atoms with Gasteiger partial charge in [0.25, 0.3) is 0 Å². The van der Waals surface area contributed by atoms with Crippen LogP contribution in [0.4, 0.5) is 0 Å². The van der Waals surface area contributed by atoms with Crippen molar-refractivity contribution in [3.8, 4) is 0 Å². The largest absolute Gasteiger partial charge is 0.462 e. The Morgan fingerprint density at radius 1 is 0.462 bits per heavy atom. The first-order valence-electron chi connectivity index (χ1n) is 21.8. The average molecular weight is 727 g/mol. The van der Waals surface area contributed by atoms with Crippen LogP contribution in [0, 0.1) is 0 Å². The maximum atomic E-state index is 12.2. The Bertz CT molecular complexity index is 915. The number of rotatable bonds is 39.